The fraction of sp³-hybridized carbons (Fsp3) is 0.381. The lowest BCUT2D eigenvalue weighted by Gasteiger charge is -2.20. The van der Waals surface area contributed by atoms with E-state index in [2.05, 4.69) is 23.5 Å². The van der Waals surface area contributed by atoms with Crippen LogP contribution in [-0.2, 0) is 23.4 Å². The fourth-order valence-corrected chi connectivity index (χ4v) is 4.68. The molecule has 0 bridgehead atoms. The molecule has 1 unspecified atom stereocenters. The van der Waals surface area contributed by atoms with Crippen LogP contribution in [0.25, 0.3) is 0 Å². The lowest BCUT2D eigenvalue weighted by Crippen LogP contribution is -2.28. The Labute approximate surface area is 169 Å². The van der Waals surface area contributed by atoms with Crippen molar-refractivity contribution < 1.29 is 4.79 Å². The summed E-state index contributed by atoms with van der Waals surface area (Å²) >= 11 is 13.6. The minimum absolute atomic E-state index is 0.0226. The summed E-state index contributed by atoms with van der Waals surface area (Å²) in [5.41, 5.74) is 5.09. The van der Waals surface area contributed by atoms with E-state index in [1.54, 1.807) is 17.8 Å². The summed E-state index contributed by atoms with van der Waals surface area (Å²) < 4.78 is 0. The van der Waals surface area contributed by atoms with Crippen molar-refractivity contribution in [2.75, 3.05) is 5.75 Å². The second-order valence-electron chi connectivity index (χ2n) is 6.75. The molecule has 2 aromatic rings. The minimum Gasteiger partial charge on any atom is -0.349 e. The van der Waals surface area contributed by atoms with Crippen LogP contribution in [0.1, 0.15) is 48.1 Å². The lowest BCUT2D eigenvalue weighted by atomic mass is 9.89. The van der Waals surface area contributed by atoms with Crippen LogP contribution in [0.4, 0.5) is 0 Å². The number of rotatable bonds is 6. The van der Waals surface area contributed by atoms with Crippen LogP contribution in [0, 0.1) is 0 Å². The zero-order chi connectivity index (χ0) is 18.5. The zero-order valence-electron chi connectivity index (χ0n) is 14.9. The second kappa shape index (κ2) is 9.16. The van der Waals surface area contributed by atoms with Crippen molar-refractivity contribution in [2.45, 2.75) is 44.4 Å². The molecular formula is C21H23Cl2NOS. The number of hydrogen-bond acceptors (Lipinski definition) is 2. The molecule has 0 fully saturated rings. The van der Waals surface area contributed by atoms with E-state index in [9.17, 15) is 4.79 Å². The molecule has 1 aliphatic rings. The van der Waals surface area contributed by atoms with Crippen molar-refractivity contribution in [3.05, 3.63) is 68.7 Å². The van der Waals surface area contributed by atoms with E-state index in [-0.39, 0.29) is 11.9 Å². The molecule has 26 heavy (non-hydrogen) atoms. The molecule has 2 aromatic carbocycles. The quantitative estimate of drug-likeness (QED) is 0.637. The van der Waals surface area contributed by atoms with Crippen LogP contribution in [0.2, 0.25) is 10.0 Å². The molecule has 1 atom stereocenters. The van der Waals surface area contributed by atoms with Crippen LogP contribution in [-0.4, -0.2) is 11.7 Å². The van der Waals surface area contributed by atoms with E-state index in [1.807, 2.05) is 19.1 Å². The van der Waals surface area contributed by atoms with Gasteiger partial charge in [0.2, 0.25) is 5.91 Å². The van der Waals surface area contributed by atoms with Crippen molar-refractivity contribution in [1.29, 1.82) is 0 Å². The monoisotopic (exact) mass is 407 g/mol. The van der Waals surface area contributed by atoms with Crippen LogP contribution < -0.4 is 5.32 Å². The summed E-state index contributed by atoms with van der Waals surface area (Å²) in [6.45, 7) is 2.04. The number of hydrogen-bond donors (Lipinski definition) is 1. The van der Waals surface area contributed by atoms with Crippen LogP contribution in [0.15, 0.2) is 36.4 Å². The number of fused-ring (bicyclic) bond motifs is 1. The average Bonchev–Trinajstić information content (AvgIpc) is 2.63. The SMILES string of the molecule is CC(NC(=O)CSCc1ccc(Cl)cc1Cl)c1ccc2c(c1)CCCC2. The molecular weight excluding hydrogens is 385 g/mol. The maximum atomic E-state index is 12.3. The number of benzene rings is 2. The van der Waals surface area contributed by atoms with Gasteiger partial charge in [-0.15, -0.1) is 11.8 Å². The van der Waals surface area contributed by atoms with E-state index in [4.69, 9.17) is 23.2 Å². The molecule has 5 heteroatoms. The molecule has 1 amide bonds. The van der Waals surface area contributed by atoms with Crippen molar-refractivity contribution in [2.24, 2.45) is 0 Å². The molecule has 0 radical (unpaired) electrons. The molecule has 0 saturated heterocycles. The fourth-order valence-electron chi connectivity index (χ4n) is 3.28. The first kappa shape index (κ1) is 19.6. The van der Waals surface area contributed by atoms with Crippen molar-refractivity contribution in [1.82, 2.24) is 5.32 Å². The van der Waals surface area contributed by atoms with Crippen molar-refractivity contribution >= 4 is 40.9 Å². The molecule has 138 valence electrons. The van der Waals surface area contributed by atoms with Crippen LogP contribution in [0.3, 0.4) is 0 Å². The second-order valence-corrected chi connectivity index (χ2v) is 8.58. The average molecular weight is 408 g/mol. The highest BCUT2D eigenvalue weighted by Crippen LogP contribution is 2.26. The third kappa shape index (κ3) is 5.18. The van der Waals surface area contributed by atoms with Gasteiger partial charge in [0, 0.05) is 15.8 Å². The number of thioether (sulfide) groups is 1. The number of carbonyl (C=O) groups is 1. The van der Waals surface area contributed by atoms with E-state index >= 15 is 0 Å². The van der Waals surface area contributed by atoms with Gasteiger partial charge in [0.05, 0.1) is 11.8 Å². The van der Waals surface area contributed by atoms with Gasteiger partial charge in [-0.25, -0.2) is 0 Å². The number of nitrogens with one attached hydrogen (secondary N) is 1. The predicted molar refractivity (Wildman–Crippen MR) is 112 cm³/mol. The first-order valence-corrected chi connectivity index (χ1v) is 10.9. The third-order valence-corrected chi connectivity index (χ3v) is 6.32. The van der Waals surface area contributed by atoms with Gasteiger partial charge in [0.1, 0.15) is 0 Å². The van der Waals surface area contributed by atoms with Crippen LogP contribution in [0.5, 0.6) is 0 Å². The maximum Gasteiger partial charge on any atom is 0.230 e. The molecule has 0 aromatic heterocycles. The van der Waals surface area contributed by atoms with E-state index < -0.39 is 0 Å². The summed E-state index contributed by atoms with van der Waals surface area (Å²) in [7, 11) is 0. The van der Waals surface area contributed by atoms with Gasteiger partial charge in [-0.3, -0.25) is 4.79 Å². The lowest BCUT2D eigenvalue weighted by molar-refractivity contribution is -0.119. The molecule has 1 N–H and O–H groups in total. The predicted octanol–water partition coefficient (Wildman–Crippen LogP) is 5.98. The van der Waals surface area contributed by atoms with Crippen molar-refractivity contribution in [3.63, 3.8) is 0 Å². The van der Waals surface area contributed by atoms with E-state index in [0.29, 0.717) is 21.6 Å². The molecule has 0 saturated carbocycles. The molecule has 0 spiro atoms. The van der Waals surface area contributed by atoms with E-state index in [1.165, 1.54) is 36.0 Å². The highest BCUT2D eigenvalue weighted by Gasteiger charge is 2.14. The summed E-state index contributed by atoms with van der Waals surface area (Å²) in [4.78, 5) is 12.3. The Kier molecular flexibility index (Phi) is 6.91. The Morgan fingerprint density at radius 3 is 2.65 bits per heavy atom. The topological polar surface area (TPSA) is 29.1 Å². The first-order valence-electron chi connectivity index (χ1n) is 8.95. The van der Waals surface area contributed by atoms with E-state index in [0.717, 1.165) is 12.0 Å². The first-order chi connectivity index (χ1) is 12.5. The van der Waals surface area contributed by atoms with Gasteiger partial charge in [0.25, 0.3) is 0 Å². The Morgan fingerprint density at radius 1 is 1.12 bits per heavy atom. The van der Waals surface area contributed by atoms with Crippen molar-refractivity contribution in [3.8, 4) is 0 Å². The maximum absolute atomic E-state index is 12.3. The highest BCUT2D eigenvalue weighted by atomic mass is 35.5. The Bertz CT molecular complexity index is 794. The highest BCUT2D eigenvalue weighted by molar-refractivity contribution is 7.99. The molecule has 0 heterocycles. The Morgan fingerprint density at radius 2 is 1.88 bits per heavy atom. The summed E-state index contributed by atoms with van der Waals surface area (Å²) in [6.07, 6.45) is 4.89. The standard InChI is InChI=1S/C21H23Cl2NOS/c1-14(16-7-6-15-4-2-3-5-17(15)10-16)24-21(25)13-26-12-18-8-9-19(22)11-20(18)23/h6-11,14H,2-5,12-13H2,1H3,(H,24,25). The number of amides is 1. The van der Waals surface area contributed by atoms with Gasteiger partial charge in [0.15, 0.2) is 0 Å². The Hall–Kier alpha value is -1.16. The summed E-state index contributed by atoms with van der Waals surface area (Å²) in [5.74, 6) is 1.15. The third-order valence-electron chi connectivity index (χ3n) is 4.76. The van der Waals surface area contributed by atoms with Gasteiger partial charge in [-0.2, -0.15) is 0 Å². The molecule has 2 nitrogen and oxygen atoms in total. The summed E-state index contributed by atoms with van der Waals surface area (Å²) in [6, 6.07) is 12.1. The summed E-state index contributed by atoms with van der Waals surface area (Å²) in [5, 5.41) is 4.37. The molecule has 3 rings (SSSR count). The minimum atomic E-state index is 0.0226. The molecule has 0 aliphatic heterocycles. The van der Waals surface area contributed by atoms with Crippen LogP contribution >= 0.6 is 35.0 Å². The number of halogens is 2. The zero-order valence-corrected chi connectivity index (χ0v) is 17.2. The van der Waals surface area contributed by atoms with Gasteiger partial charge < -0.3 is 5.32 Å². The van der Waals surface area contributed by atoms with Gasteiger partial charge in [-0.05, 0) is 67.0 Å². The van der Waals surface area contributed by atoms with Gasteiger partial charge >= 0.3 is 0 Å². The Balaban J connectivity index is 1.49. The van der Waals surface area contributed by atoms with Gasteiger partial charge in [-0.1, -0.05) is 47.5 Å². The largest absolute Gasteiger partial charge is 0.349 e. The molecule has 1 aliphatic carbocycles. The normalized spacial score (nSPS) is 14.6. The number of aryl methyl sites for hydroxylation is 2. The number of carbonyl (C=O) groups excluding carboxylic acids is 1. The smallest absolute Gasteiger partial charge is 0.230 e.